The van der Waals surface area contributed by atoms with Gasteiger partial charge in [-0.3, -0.25) is 14.5 Å². The maximum Gasteiger partial charge on any atom is 0.490 e. The largest absolute Gasteiger partial charge is 0.490 e. The summed E-state index contributed by atoms with van der Waals surface area (Å²) in [6, 6.07) is 5.49. The molecule has 174 valence electrons. The summed E-state index contributed by atoms with van der Waals surface area (Å²) in [5, 5.41) is 11.4. The third kappa shape index (κ3) is 6.26. The van der Waals surface area contributed by atoms with Crippen molar-refractivity contribution in [1.82, 2.24) is 19.7 Å². The Kier molecular flexibility index (Phi) is 7.46. The van der Waals surface area contributed by atoms with Gasteiger partial charge in [0.1, 0.15) is 5.60 Å². The number of ether oxygens (including phenoxy) is 2. The molecule has 12 heteroatoms. The van der Waals surface area contributed by atoms with E-state index in [1.807, 2.05) is 21.8 Å². The lowest BCUT2D eigenvalue weighted by Gasteiger charge is -2.32. The first-order valence-electron chi connectivity index (χ1n) is 9.91. The molecule has 2 aromatic rings. The van der Waals surface area contributed by atoms with Gasteiger partial charge in [0.2, 0.25) is 0 Å². The van der Waals surface area contributed by atoms with Gasteiger partial charge in [0.05, 0.1) is 38.0 Å². The van der Waals surface area contributed by atoms with Crippen LogP contribution in [0.3, 0.4) is 0 Å². The molecule has 0 saturated carbocycles. The Bertz CT molecular complexity index is 894. The van der Waals surface area contributed by atoms with Gasteiger partial charge in [0.25, 0.3) is 5.91 Å². The van der Waals surface area contributed by atoms with E-state index in [2.05, 4.69) is 10.1 Å². The zero-order valence-corrected chi connectivity index (χ0v) is 17.1. The standard InChI is InChI=1S/C18H22N4O3.C2HF3O2/c23-17(15-3-1-6-19-11-15)21-9-10-24-14-18(13-21)5-4-16(25-18)12-22-8-2-7-20-22;3-2(4,5)1(6)7/h1-3,6-8,11,16H,4-5,9-10,12-14H2;(H,6,7). The van der Waals surface area contributed by atoms with E-state index in [0.717, 1.165) is 19.4 Å². The van der Waals surface area contributed by atoms with Crippen LogP contribution < -0.4 is 0 Å². The van der Waals surface area contributed by atoms with Gasteiger partial charge < -0.3 is 19.5 Å². The number of carboxylic acids is 1. The summed E-state index contributed by atoms with van der Waals surface area (Å²) >= 11 is 0. The van der Waals surface area contributed by atoms with Gasteiger partial charge in [-0.25, -0.2) is 4.79 Å². The van der Waals surface area contributed by atoms with Crippen molar-refractivity contribution in [3.8, 4) is 0 Å². The summed E-state index contributed by atoms with van der Waals surface area (Å²) in [6.07, 6.45) is 3.83. The quantitative estimate of drug-likeness (QED) is 0.753. The lowest BCUT2D eigenvalue weighted by atomic mass is 9.99. The van der Waals surface area contributed by atoms with Crippen LogP contribution in [0.2, 0.25) is 0 Å². The molecule has 1 amide bonds. The zero-order chi connectivity index (χ0) is 23.2. The molecule has 0 aliphatic carbocycles. The Balaban J connectivity index is 0.000000360. The summed E-state index contributed by atoms with van der Waals surface area (Å²) in [6.45, 7) is 2.91. The van der Waals surface area contributed by atoms with Crippen molar-refractivity contribution < 1.29 is 37.3 Å². The number of hydrogen-bond acceptors (Lipinski definition) is 6. The first-order valence-corrected chi connectivity index (χ1v) is 9.91. The number of carbonyl (C=O) groups excluding carboxylic acids is 1. The van der Waals surface area contributed by atoms with Crippen molar-refractivity contribution in [2.45, 2.75) is 37.3 Å². The van der Waals surface area contributed by atoms with Crippen molar-refractivity contribution >= 4 is 11.9 Å². The van der Waals surface area contributed by atoms with E-state index in [9.17, 15) is 18.0 Å². The first-order chi connectivity index (χ1) is 15.2. The van der Waals surface area contributed by atoms with E-state index in [1.54, 1.807) is 30.7 Å². The first kappa shape index (κ1) is 23.7. The van der Waals surface area contributed by atoms with Crippen LogP contribution in [-0.4, -0.2) is 80.8 Å². The number of hydrogen-bond donors (Lipinski definition) is 1. The minimum absolute atomic E-state index is 0.0166. The van der Waals surface area contributed by atoms with E-state index in [0.29, 0.717) is 31.9 Å². The molecule has 2 unspecified atom stereocenters. The van der Waals surface area contributed by atoms with E-state index in [1.165, 1.54) is 0 Å². The maximum absolute atomic E-state index is 12.8. The maximum atomic E-state index is 12.8. The lowest BCUT2D eigenvalue weighted by Crippen LogP contribution is -2.46. The third-order valence-corrected chi connectivity index (χ3v) is 5.08. The number of nitrogens with zero attached hydrogens (tertiary/aromatic N) is 4. The zero-order valence-electron chi connectivity index (χ0n) is 17.1. The number of halogens is 3. The Morgan fingerprint density at radius 3 is 2.69 bits per heavy atom. The van der Waals surface area contributed by atoms with Gasteiger partial charge in [-0.15, -0.1) is 0 Å². The van der Waals surface area contributed by atoms with Crippen LogP contribution in [0.1, 0.15) is 23.2 Å². The summed E-state index contributed by atoms with van der Waals surface area (Å²) in [4.78, 5) is 27.6. The van der Waals surface area contributed by atoms with Crippen LogP contribution in [0.5, 0.6) is 0 Å². The summed E-state index contributed by atoms with van der Waals surface area (Å²) in [5.41, 5.74) is 0.178. The molecule has 32 heavy (non-hydrogen) atoms. The number of pyridine rings is 1. The third-order valence-electron chi connectivity index (χ3n) is 5.08. The lowest BCUT2D eigenvalue weighted by molar-refractivity contribution is -0.192. The molecular weight excluding hydrogens is 433 g/mol. The molecule has 2 aromatic heterocycles. The number of carbonyl (C=O) groups is 2. The molecule has 0 bridgehead atoms. The number of alkyl halides is 3. The van der Waals surface area contributed by atoms with Gasteiger partial charge in [0, 0.05) is 31.3 Å². The van der Waals surface area contributed by atoms with Crippen molar-refractivity contribution in [1.29, 1.82) is 0 Å². The van der Waals surface area contributed by atoms with Crippen LogP contribution in [0.4, 0.5) is 13.2 Å². The predicted molar refractivity (Wildman–Crippen MR) is 104 cm³/mol. The van der Waals surface area contributed by atoms with Gasteiger partial charge in [-0.2, -0.15) is 18.3 Å². The number of aliphatic carboxylic acids is 1. The molecule has 4 heterocycles. The molecule has 2 saturated heterocycles. The van der Waals surface area contributed by atoms with Crippen LogP contribution in [-0.2, 0) is 20.8 Å². The fraction of sp³-hybridized carbons (Fsp3) is 0.500. The van der Waals surface area contributed by atoms with Gasteiger partial charge in [-0.05, 0) is 31.0 Å². The Morgan fingerprint density at radius 1 is 1.28 bits per heavy atom. The predicted octanol–water partition coefficient (Wildman–Crippen LogP) is 2.00. The fourth-order valence-electron chi connectivity index (χ4n) is 3.61. The van der Waals surface area contributed by atoms with Crippen LogP contribution in [0.15, 0.2) is 43.0 Å². The van der Waals surface area contributed by atoms with Crippen LogP contribution in [0, 0.1) is 0 Å². The van der Waals surface area contributed by atoms with Gasteiger partial charge >= 0.3 is 12.1 Å². The average Bonchev–Trinajstić information content (AvgIpc) is 3.35. The molecule has 9 nitrogen and oxygen atoms in total. The molecule has 0 radical (unpaired) electrons. The van der Waals surface area contributed by atoms with Gasteiger partial charge in [-0.1, -0.05) is 0 Å². The highest BCUT2D eigenvalue weighted by Crippen LogP contribution is 2.34. The minimum atomic E-state index is -5.08. The summed E-state index contributed by atoms with van der Waals surface area (Å²) in [5.74, 6) is -2.77. The Hall–Kier alpha value is -2.99. The molecule has 2 fully saturated rings. The molecular formula is C20H23F3N4O5. The highest BCUT2D eigenvalue weighted by Gasteiger charge is 2.44. The SMILES string of the molecule is O=C(O)C(F)(F)F.O=C(c1cccnc1)N1CCOCC2(CCC(Cn3cccn3)O2)C1. The highest BCUT2D eigenvalue weighted by molar-refractivity contribution is 5.94. The van der Waals surface area contributed by atoms with E-state index >= 15 is 0 Å². The Labute approximate surface area is 181 Å². The van der Waals surface area contributed by atoms with Crippen LogP contribution in [0.25, 0.3) is 0 Å². The molecule has 1 spiro atoms. The van der Waals surface area contributed by atoms with E-state index in [-0.39, 0.29) is 12.0 Å². The van der Waals surface area contributed by atoms with Crippen LogP contribution >= 0.6 is 0 Å². The number of aromatic nitrogens is 3. The molecule has 1 N–H and O–H groups in total. The molecule has 2 aliphatic heterocycles. The second-order valence-electron chi connectivity index (χ2n) is 7.51. The molecule has 4 rings (SSSR count). The smallest absolute Gasteiger partial charge is 0.475 e. The Morgan fingerprint density at radius 2 is 2.06 bits per heavy atom. The highest BCUT2D eigenvalue weighted by atomic mass is 19.4. The molecule has 2 aliphatic rings. The number of amides is 1. The average molecular weight is 456 g/mol. The normalized spacial score (nSPS) is 23.3. The van der Waals surface area contributed by atoms with Crippen molar-refractivity contribution in [3.05, 3.63) is 48.5 Å². The van der Waals surface area contributed by atoms with Crippen molar-refractivity contribution in [2.24, 2.45) is 0 Å². The second kappa shape index (κ2) is 10.1. The molecule has 0 aromatic carbocycles. The second-order valence-corrected chi connectivity index (χ2v) is 7.51. The monoisotopic (exact) mass is 456 g/mol. The number of carboxylic acid groups (broad SMARTS) is 1. The minimum Gasteiger partial charge on any atom is -0.475 e. The topological polar surface area (TPSA) is 107 Å². The number of rotatable bonds is 3. The van der Waals surface area contributed by atoms with E-state index < -0.39 is 17.7 Å². The van der Waals surface area contributed by atoms with Gasteiger partial charge in [0.15, 0.2) is 0 Å². The van der Waals surface area contributed by atoms with E-state index in [4.69, 9.17) is 19.4 Å². The van der Waals surface area contributed by atoms with Crippen molar-refractivity contribution in [2.75, 3.05) is 26.3 Å². The summed E-state index contributed by atoms with van der Waals surface area (Å²) < 4.78 is 45.8. The summed E-state index contributed by atoms with van der Waals surface area (Å²) in [7, 11) is 0. The molecule has 2 atom stereocenters. The fourth-order valence-corrected chi connectivity index (χ4v) is 3.61. The van der Waals surface area contributed by atoms with Crippen molar-refractivity contribution in [3.63, 3.8) is 0 Å².